The van der Waals surface area contributed by atoms with Crippen LogP contribution in [0, 0.1) is 10.1 Å². The van der Waals surface area contributed by atoms with Crippen molar-refractivity contribution in [3.05, 3.63) is 46.3 Å². The van der Waals surface area contributed by atoms with Gasteiger partial charge in [0.25, 0.3) is 5.69 Å². The quantitative estimate of drug-likeness (QED) is 0.677. The van der Waals surface area contributed by atoms with E-state index in [1.54, 1.807) is 7.05 Å². The number of carbonyl (C=O) groups is 1. The molecule has 112 valence electrons. The molecule has 0 aliphatic carbocycles. The Kier molecular flexibility index (Phi) is 3.25. The summed E-state index contributed by atoms with van der Waals surface area (Å²) in [5, 5.41) is 20.7. The highest BCUT2D eigenvalue weighted by Crippen LogP contribution is 2.40. The van der Waals surface area contributed by atoms with E-state index in [2.05, 4.69) is 4.98 Å². The van der Waals surface area contributed by atoms with Crippen LogP contribution in [0.25, 0.3) is 11.1 Å². The van der Waals surface area contributed by atoms with Gasteiger partial charge in [0.05, 0.1) is 16.8 Å². The molecule has 0 unspecified atom stereocenters. The molecule has 1 N–H and O–H groups in total. The molecule has 1 amide bonds. The van der Waals surface area contributed by atoms with Gasteiger partial charge in [0, 0.05) is 42.9 Å². The van der Waals surface area contributed by atoms with Gasteiger partial charge in [-0.3, -0.25) is 19.9 Å². The van der Waals surface area contributed by atoms with E-state index in [9.17, 15) is 20.0 Å². The first kappa shape index (κ1) is 14.0. The number of hydrogen-bond donors (Lipinski definition) is 1. The fraction of sp³-hybridized carbons (Fsp3) is 0.200. The Morgan fingerprint density at radius 1 is 1.27 bits per heavy atom. The Balaban J connectivity index is 2.29. The number of carbonyl (C=O) groups excluding carboxylic acids is 1. The first-order valence-electron chi connectivity index (χ1n) is 6.69. The topological polar surface area (TPSA) is 96.6 Å². The van der Waals surface area contributed by atoms with Crippen LogP contribution in [0.15, 0.2) is 30.6 Å². The lowest BCUT2D eigenvalue weighted by atomic mass is 9.93. The molecular formula is C15H13N3O4. The SMILES string of the molecule is CN1C(=O)CCc2cc([N+](=O)[O-])cc(-c3cncc(O)c3)c21. The van der Waals surface area contributed by atoms with Gasteiger partial charge in [-0.05, 0) is 18.1 Å². The first-order valence-corrected chi connectivity index (χ1v) is 6.69. The van der Waals surface area contributed by atoms with Gasteiger partial charge in [0.1, 0.15) is 5.75 Å². The molecule has 3 rings (SSSR count). The van der Waals surface area contributed by atoms with Crippen LogP contribution in [-0.2, 0) is 11.2 Å². The number of rotatable bonds is 2. The molecule has 1 aromatic heterocycles. The Morgan fingerprint density at radius 3 is 2.73 bits per heavy atom. The maximum absolute atomic E-state index is 12.0. The fourth-order valence-electron chi connectivity index (χ4n) is 2.70. The van der Waals surface area contributed by atoms with Gasteiger partial charge < -0.3 is 10.0 Å². The van der Waals surface area contributed by atoms with E-state index in [4.69, 9.17) is 0 Å². The van der Waals surface area contributed by atoms with Crippen molar-refractivity contribution >= 4 is 17.3 Å². The molecule has 1 aliphatic rings. The van der Waals surface area contributed by atoms with Crippen LogP contribution < -0.4 is 4.90 Å². The largest absolute Gasteiger partial charge is 0.506 e. The third-order valence-electron chi connectivity index (χ3n) is 3.74. The summed E-state index contributed by atoms with van der Waals surface area (Å²) in [6, 6.07) is 4.38. The molecule has 1 aliphatic heterocycles. The zero-order valence-electron chi connectivity index (χ0n) is 11.8. The van der Waals surface area contributed by atoms with Crippen LogP contribution in [0.4, 0.5) is 11.4 Å². The summed E-state index contributed by atoms with van der Waals surface area (Å²) >= 11 is 0. The van der Waals surface area contributed by atoms with Crippen molar-refractivity contribution in [2.45, 2.75) is 12.8 Å². The number of nitrogens with zero attached hydrogens (tertiary/aromatic N) is 3. The minimum Gasteiger partial charge on any atom is -0.506 e. The second-order valence-electron chi connectivity index (χ2n) is 5.14. The third kappa shape index (κ3) is 2.26. The van der Waals surface area contributed by atoms with E-state index in [-0.39, 0.29) is 17.3 Å². The summed E-state index contributed by atoms with van der Waals surface area (Å²) in [5.41, 5.74) is 2.38. The molecule has 7 heteroatoms. The number of aromatic nitrogens is 1. The third-order valence-corrected chi connectivity index (χ3v) is 3.74. The average molecular weight is 299 g/mol. The van der Waals surface area contributed by atoms with Crippen molar-refractivity contribution in [3.63, 3.8) is 0 Å². The number of aromatic hydroxyl groups is 1. The minimum atomic E-state index is -0.462. The van der Waals surface area contributed by atoms with E-state index in [1.807, 2.05) is 0 Å². The van der Waals surface area contributed by atoms with E-state index in [0.717, 1.165) is 5.56 Å². The van der Waals surface area contributed by atoms with Crippen LogP contribution in [0.1, 0.15) is 12.0 Å². The van der Waals surface area contributed by atoms with E-state index in [1.165, 1.54) is 35.5 Å². The summed E-state index contributed by atoms with van der Waals surface area (Å²) in [6.07, 6.45) is 3.57. The van der Waals surface area contributed by atoms with Crippen LogP contribution >= 0.6 is 0 Å². The number of aryl methyl sites for hydroxylation is 1. The lowest BCUT2D eigenvalue weighted by Gasteiger charge is -2.28. The maximum Gasteiger partial charge on any atom is 0.270 e. The monoisotopic (exact) mass is 299 g/mol. The lowest BCUT2D eigenvalue weighted by Crippen LogP contribution is -2.31. The molecule has 1 aromatic carbocycles. The van der Waals surface area contributed by atoms with Gasteiger partial charge in [-0.2, -0.15) is 0 Å². The molecule has 2 heterocycles. The zero-order valence-corrected chi connectivity index (χ0v) is 11.8. The highest BCUT2D eigenvalue weighted by Gasteiger charge is 2.27. The Morgan fingerprint density at radius 2 is 2.05 bits per heavy atom. The lowest BCUT2D eigenvalue weighted by molar-refractivity contribution is -0.384. The summed E-state index contributed by atoms with van der Waals surface area (Å²) in [7, 11) is 1.64. The van der Waals surface area contributed by atoms with Crippen molar-refractivity contribution in [2.75, 3.05) is 11.9 Å². The highest BCUT2D eigenvalue weighted by molar-refractivity contribution is 6.01. The van der Waals surface area contributed by atoms with Crippen LogP contribution in [0.2, 0.25) is 0 Å². The van der Waals surface area contributed by atoms with Gasteiger partial charge in [-0.1, -0.05) is 0 Å². The molecule has 22 heavy (non-hydrogen) atoms. The first-order chi connectivity index (χ1) is 10.5. The average Bonchev–Trinajstić information content (AvgIpc) is 2.50. The van der Waals surface area contributed by atoms with Gasteiger partial charge in [0.2, 0.25) is 5.91 Å². The molecule has 0 spiro atoms. The Bertz CT molecular complexity index is 788. The summed E-state index contributed by atoms with van der Waals surface area (Å²) in [6.45, 7) is 0. The fourth-order valence-corrected chi connectivity index (χ4v) is 2.70. The van der Waals surface area contributed by atoms with E-state index in [0.29, 0.717) is 29.7 Å². The molecule has 2 aromatic rings. The van der Waals surface area contributed by atoms with Crippen molar-refractivity contribution in [1.29, 1.82) is 0 Å². The van der Waals surface area contributed by atoms with Gasteiger partial charge >= 0.3 is 0 Å². The van der Waals surface area contributed by atoms with Gasteiger partial charge in [-0.25, -0.2) is 0 Å². The number of non-ortho nitro benzene ring substituents is 1. The molecule has 0 saturated heterocycles. The normalized spacial score (nSPS) is 13.9. The standard InChI is InChI=1S/C15H13N3O4/c1-17-14(20)3-2-9-4-11(18(21)22)6-13(15(9)17)10-5-12(19)8-16-7-10/h4-8,19H,2-3H2,1H3. The summed E-state index contributed by atoms with van der Waals surface area (Å²) in [5.74, 6) is -0.0849. The van der Waals surface area contributed by atoms with Crippen LogP contribution in [0.3, 0.4) is 0 Å². The van der Waals surface area contributed by atoms with Crippen molar-refractivity contribution < 1.29 is 14.8 Å². The highest BCUT2D eigenvalue weighted by atomic mass is 16.6. The van der Waals surface area contributed by atoms with Gasteiger partial charge in [-0.15, -0.1) is 0 Å². The second kappa shape index (κ2) is 5.10. The predicted octanol–water partition coefficient (Wildman–Crippen LogP) is 2.27. The number of fused-ring (bicyclic) bond motifs is 1. The number of nitro benzene ring substituents is 1. The van der Waals surface area contributed by atoms with Crippen LogP contribution in [0.5, 0.6) is 5.75 Å². The molecule has 0 bridgehead atoms. The number of nitro groups is 1. The predicted molar refractivity (Wildman–Crippen MR) is 79.7 cm³/mol. The number of benzene rings is 1. The Hall–Kier alpha value is -2.96. The van der Waals surface area contributed by atoms with Crippen molar-refractivity contribution in [3.8, 4) is 16.9 Å². The molecule has 0 saturated carbocycles. The number of anilines is 1. The molecule has 7 nitrogen and oxygen atoms in total. The molecule has 0 atom stereocenters. The van der Waals surface area contributed by atoms with Crippen molar-refractivity contribution in [1.82, 2.24) is 4.98 Å². The zero-order chi connectivity index (χ0) is 15.9. The molecular weight excluding hydrogens is 286 g/mol. The number of hydrogen-bond acceptors (Lipinski definition) is 5. The number of amides is 1. The minimum absolute atomic E-state index is 0.0393. The Labute approximate surface area is 126 Å². The second-order valence-corrected chi connectivity index (χ2v) is 5.14. The smallest absolute Gasteiger partial charge is 0.270 e. The summed E-state index contributed by atoms with van der Waals surface area (Å²) < 4.78 is 0. The maximum atomic E-state index is 12.0. The molecule has 0 fully saturated rings. The van der Waals surface area contributed by atoms with Crippen molar-refractivity contribution in [2.24, 2.45) is 0 Å². The number of pyridine rings is 1. The summed E-state index contributed by atoms with van der Waals surface area (Å²) in [4.78, 5) is 28.0. The van der Waals surface area contributed by atoms with Gasteiger partial charge in [0.15, 0.2) is 0 Å². The van der Waals surface area contributed by atoms with Crippen LogP contribution in [-0.4, -0.2) is 28.0 Å². The van der Waals surface area contributed by atoms with E-state index >= 15 is 0 Å². The van der Waals surface area contributed by atoms with E-state index < -0.39 is 4.92 Å². The molecule has 0 radical (unpaired) electrons.